The first-order valence-corrected chi connectivity index (χ1v) is 7.80. The molecule has 1 unspecified atom stereocenters. The lowest BCUT2D eigenvalue weighted by atomic mass is 10.1. The van der Waals surface area contributed by atoms with E-state index in [0.29, 0.717) is 31.4 Å². The molecule has 1 amide bonds. The van der Waals surface area contributed by atoms with Crippen LogP contribution in [0.5, 0.6) is 0 Å². The molecule has 122 valence electrons. The molecule has 0 bridgehead atoms. The third-order valence-electron chi connectivity index (χ3n) is 3.72. The molecule has 0 saturated heterocycles. The summed E-state index contributed by atoms with van der Waals surface area (Å²) in [4.78, 5) is 11.8. The van der Waals surface area contributed by atoms with Gasteiger partial charge >= 0.3 is 0 Å². The number of amides is 1. The minimum Gasteiger partial charge on any atom is -0.388 e. The van der Waals surface area contributed by atoms with E-state index < -0.39 is 6.10 Å². The second kappa shape index (κ2) is 8.44. The van der Waals surface area contributed by atoms with Crippen LogP contribution in [0.25, 0.3) is 0 Å². The number of hydrogen-bond acceptors (Lipinski definition) is 2. The van der Waals surface area contributed by atoms with E-state index in [1.54, 1.807) is 12.1 Å². The van der Waals surface area contributed by atoms with Gasteiger partial charge in [0, 0.05) is 13.0 Å². The Hall–Kier alpha value is -2.20. The van der Waals surface area contributed by atoms with Crippen LogP contribution in [0.2, 0.25) is 0 Å². The molecule has 0 aliphatic carbocycles. The predicted molar refractivity (Wildman–Crippen MR) is 88.5 cm³/mol. The molecule has 0 saturated carbocycles. The monoisotopic (exact) mass is 315 g/mol. The Morgan fingerprint density at radius 1 is 1.22 bits per heavy atom. The third kappa shape index (κ3) is 5.83. The quantitative estimate of drug-likeness (QED) is 0.823. The first-order valence-electron chi connectivity index (χ1n) is 7.80. The van der Waals surface area contributed by atoms with Crippen molar-refractivity contribution in [1.82, 2.24) is 5.32 Å². The molecule has 0 aliphatic heterocycles. The van der Waals surface area contributed by atoms with E-state index >= 15 is 0 Å². The Kier molecular flexibility index (Phi) is 6.29. The van der Waals surface area contributed by atoms with Crippen molar-refractivity contribution in [1.29, 1.82) is 0 Å². The highest BCUT2D eigenvalue weighted by Crippen LogP contribution is 2.16. The first-order chi connectivity index (χ1) is 11.0. The molecule has 1 atom stereocenters. The Balaban J connectivity index is 1.69. The van der Waals surface area contributed by atoms with E-state index in [1.807, 2.05) is 25.1 Å². The number of aryl methyl sites for hydroxylation is 2. The minimum atomic E-state index is -0.701. The van der Waals surface area contributed by atoms with Crippen molar-refractivity contribution in [2.24, 2.45) is 0 Å². The highest BCUT2D eigenvalue weighted by Gasteiger charge is 2.08. The van der Waals surface area contributed by atoms with Crippen LogP contribution < -0.4 is 5.32 Å². The number of aliphatic hydroxyl groups is 1. The molecular weight excluding hydrogens is 293 g/mol. The molecule has 0 aliphatic rings. The number of aliphatic hydroxyl groups excluding tert-OH is 1. The molecule has 0 radical (unpaired) electrons. The molecule has 2 N–H and O–H groups in total. The van der Waals surface area contributed by atoms with E-state index in [4.69, 9.17) is 0 Å². The van der Waals surface area contributed by atoms with Crippen molar-refractivity contribution in [3.8, 4) is 0 Å². The van der Waals surface area contributed by atoms with Gasteiger partial charge in [0.05, 0.1) is 6.10 Å². The average Bonchev–Trinajstić information content (AvgIpc) is 2.53. The number of carbonyl (C=O) groups excluding carboxylic acids is 1. The van der Waals surface area contributed by atoms with Crippen LogP contribution in [0.15, 0.2) is 48.5 Å². The van der Waals surface area contributed by atoms with Gasteiger partial charge in [0.25, 0.3) is 0 Å². The van der Waals surface area contributed by atoms with Gasteiger partial charge in [-0.25, -0.2) is 4.39 Å². The molecular formula is C19H22FNO2. The van der Waals surface area contributed by atoms with Gasteiger partial charge in [-0.3, -0.25) is 4.79 Å². The average molecular weight is 315 g/mol. The molecule has 2 aromatic carbocycles. The van der Waals surface area contributed by atoms with E-state index in [9.17, 15) is 14.3 Å². The van der Waals surface area contributed by atoms with Crippen molar-refractivity contribution >= 4 is 5.91 Å². The molecule has 2 rings (SSSR count). The van der Waals surface area contributed by atoms with Crippen LogP contribution in [0.3, 0.4) is 0 Å². The van der Waals surface area contributed by atoms with Crippen LogP contribution in [0, 0.1) is 12.7 Å². The fourth-order valence-electron chi connectivity index (χ4n) is 2.41. The smallest absolute Gasteiger partial charge is 0.220 e. The SMILES string of the molecule is Cc1cccc(CCC(=O)NCCC(O)c2ccc(F)cc2)c1. The summed E-state index contributed by atoms with van der Waals surface area (Å²) in [7, 11) is 0. The molecule has 4 heteroatoms. The van der Waals surface area contributed by atoms with Crippen molar-refractivity contribution < 1.29 is 14.3 Å². The topological polar surface area (TPSA) is 49.3 Å². The molecule has 0 fully saturated rings. The fourth-order valence-corrected chi connectivity index (χ4v) is 2.41. The van der Waals surface area contributed by atoms with Crippen LogP contribution in [0.1, 0.15) is 35.6 Å². The molecule has 23 heavy (non-hydrogen) atoms. The second-order valence-electron chi connectivity index (χ2n) is 5.70. The van der Waals surface area contributed by atoms with E-state index in [-0.39, 0.29) is 11.7 Å². The maximum absolute atomic E-state index is 12.8. The van der Waals surface area contributed by atoms with Gasteiger partial charge in [0.15, 0.2) is 0 Å². The van der Waals surface area contributed by atoms with Crippen molar-refractivity contribution in [3.05, 3.63) is 71.0 Å². The van der Waals surface area contributed by atoms with Gasteiger partial charge in [-0.15, -0.1) is 0 Å². The van der Waals surface area contributed by atoms with Crippen LogP contribution >= 0.6 is 0 Å². The normalized spacial score (nSPS) is 12.0. The standard InChI is InChI=1S/C19H22FNO2/c1-14-3-2-4-15(13-14)5-10-19(23)21-12-11-18(22)16-6-8-17(20)9-7-16/h2-4,6-9,13,18,22H,5,10-12H2,1H3,(H,21,23). The lowest BCUT2D eigenvalue weighted by Gasteiger charge is -2.12. The Labute approximate surface area is 136 Å². The molecule has 0 spiro atoms. The zero-order chi connectivity index (χ0) is 16.7. The maximum atomic E-state index is 12.8. The van der Waals surface area contributed by atoms with Gasteiger partial charge in [-0.2, -0.15) is 0 Å². The number of nitrogens with one attached hydrogen (secondary N) is 1. The van der Waals surface area contributed by atoms with Gasteiger partial charge in [0.1, 0.15) is 5.82 Å². The number of benzene rings is 2. The molecule has 2 aromatic rings. The maximum Gasteiger partial charge on any atom is 0.220 e. The third-order valence-corrected chi connectivity index (χ3v) is 3.72. The van der Waals surface area contributed by atoms with E-state index in [2.05, 4.69) is 11.4 Å². The number of halogens is 1. The summed E-state index contributed by atoms with van der Waals surface area (Å²) >= 11 is 0. The Morgan fingerprint density at radius 3 is 2.65 bits per heavy atom. The van der Waals surface area contributed by atoms with E-state index in [0.717, 1.165) is 5.56 Å². The van der Waals surface area contributed by atoms with Crippen molar-refractivity contribution in [3.63, 3.8) is 0 Å². The molecule has 0 heterocycles. The van der Waals surface area contributed by atoms with Crippen molar-refractivity contribution in [2.75, 3.05) is 6.54 Å². The van der Waals surface area contributed by atoms with Crippen LogP contribution in [0.4, 0.5) is 4.39 Å². The minimum absolute atomic E-state index is 0.0298. The highest BCUT2D eigenvalue weighted by atomic mass is 19.1. The summed E-state index contributed by atoms with van der Waals surface area (Å²) < 4.78 is 12.8. The lowest BCUT2D eigenvalue weighted by molar-refractivity contribution is -0.121. The Morgan fingerprint density at radius 2 is 1.96 bits per heavy atom. The zero-order valence-electron chi connectivity index (χ0n) is 13.3. The Bertz CT molecular complexity index is 640. The van der Waals surface area contributed by atoms with Crippen molar-refractivity contribution in [2.45, 2.75) is 32.3 Å². The zero-order valence-corrected chi connectivity index (χ0v) is 13.3. The van der Waals surface area contributed by atoms with Crippen LogP contribution in [-0.4, -0.2) is 17.6 Å². The van der Waals surface area contributed by atoms with Gasteiger partial charge < -0.3 is 10.4 Å². The summed E-state index contributed by atoms with van der Waals surface area (Å²) in [6.07, 6.45) is 0.832. The number of carbonyl (C=O) groups is 1. The lowest BCUT2D eigenvalue weighted by Crippen LogP contribution is -2.25. The summed E-state index contributed by atoms with van der Waals surface area (Å²) in [5.74, 6) is -0.358. The molecule has 3 nitrogen and oxygen atoms in total. The second-order valence-corrected chi connectivity index (χ2v) is 5.70. The number of rotatable bonds is 7. The summed E-state index contributed by atoms with van der Waals surface area (Å²) in [6, 6.07) is 13.9. The largest absolute Gasteiger partial charge is 0.388 e. The number of hydrogen-bond donors (Lipinski definition) is 2. The molecule has 0 aromatic heterocycles. The fraction of sp³-hybridized carbons (Fsp3) is 0.316. The predicted octanol–water partition coefficient (Wildman–Crippen LogP) is 3.31. The first kappa shape index (κ1) is 17.2. The van der Waals surface area contributed by atoms with E-state index in [1.165, 1.54) is 17.7 Å². The highest BCUT2D eigenvalue weighted by molar-refractivity contribution is 5.76. The van der Waals surface area contributed by atoms with Gasteiger partial charge in [0.2, 0.25) is 5.91 Å². The van der Waals surface area contributed by atoms with Gasteiger partial charge in [-0.1, -0.05) is 42.0 Å². The summed E-state index contributed by atoms with van der Waals surface area (Å²) in [5, 5.41) is 12.8. The van der Waals surface area contributed by atoms with Gasteiger partial charge in [-0.05, 0) is 43.0 Å². The summed E-state index contributed by atoms with van der Waals surface area (Å²) in [6.45, 7) is 2.42. The summed E-state index contributed by atoms with van der Waals surface area (Å²) in [5.41, 5.74) is 2.98. The van der Waals surface area contributed by atoms with Crippen LogP contribution in [-0.2, 0) is 11.2 Å².